The van der Waals surface area contributed by atoms with Crippen LogP contribution in [0.3, 0.4) is 0 Å². The van der Waals surface area contributed by atoms with Gasteiger partial charge >= 0.3 is 11.9 Å². The molecule has 180 valence electrons. The second-order valence-corrected chi connectivity index (χ2v) is 10.3. The van der Waals surface area contributed by atoms with E-state index in [9.17, 15) is 14.7 Å². The molecular formula is C26H35ClN2O4. The van der Waals surface area contributed by atoms with E-state index >= 15 is 0 Å². The minimum atomic E-state index is -1.09. The molecule has 7 heteroatoms. The summed E-state index contributed by atoms with van der Waals surface area (Å²) in [7, 11) is 0. The highest BCUT2D eigenvalue weighted by molar-refractivity contribution is 6.32. The summed E-state index contributed by atoms with van der Waals surface area (Å²) in [6.45, 7) is 8.13. The van der Waals surface area contributed by atoms with Crippen molar-refractivity contribution in [2.45, 2.75) is 90.7 Å². The largest absolute Gasteiger partial charge is 0.476 e. The first-order chi connectivity index (χ1) is 15.6. The summed E-state index contributed by atoms with van der Waals surface area (Å²) >= 11 is 6.15. The molecule has 33 heavy (non-hydrogen) atoms. The zero-order valence-corrected chi connectivity index (χ0v) is 20.8. The molecule has 2 aromatic rings. The Kier molecular flexibility index (Phi) is 8.22. The third-order valence-corrected chi connectivity index (χ3v) is 6.44. The van der Waals surface area contributed by atoms with Crippen molar-refractivity contribution in [3.63, 3.8) is 0 Å². The van der Waals surface area contributed by atoms with Crippen molar-refractivity contribution in [2.75, 3.05) is 0 Å². The number of rotatable bonds is 9. The van der Waals surface area contributed by atoms with Gasteiger partial charge in [-0.15, -0.1) is 0 Å². The lowest BCUT2D eigenvalue weighted by atomic mass is 9.84. The quantitative estimate of drug-likeness (QED) is 0.435. The Balaban J connectivity index is 1.87. The van der Waals surface area contributed by atoms with Crippen LogP contribution in [-0.2, 0) is 22.5 Å². The maximum absolute atomic E-state index is 13.1. The predicted molar refractivity (Wildman–Crippen MR) is 129 cm³/mol. The van der Waals surface area contributed by atoms with E-state index in [4.69, 9.17) is 16.3 Å². The van der Waals surface area contributed by atoms with E-state index in [1.165, 1.54) is 0 Å². The van der Waals surface area contributed by atoms with Crippen LogP contribution in [0.25, 0.3) is 0 Å². The van der Waals surface area contributed by atoms with Crippen molar-refractivity contribution >= 4 is 23.5 Å². The highest BCUT2D eigenvalue weighted by atomic mass is 35.5. The van der Waals surface area contributed by atoms with Gasteiger partial charge in [-0.25, -0.2) is 9.78 Å². The van der Waals surface area contributed by atoms with E-state index in [2.05, 4.69) is 11.9 Å². The molecule has 0 saturated heterocycles. The number of aromatic nitrogens is 2. The SMILES string of the molecule is CCCCc1nc(Cl)c(C(=O)O)n1Cc1ccc(C(C(=O)OC(C)(C)C)C2CCCC2)cc1. The monoisotopic (exact) mass is 474 g/mol. The molecule has 1 N–H and O–H groups in total. The molecule has 1 saturated carbocycles. The summed E-state index contributed by atoms with van der Waals surface area (Å²) in [5, 5.41) is 9.68. The molecule has 1 heterocycles. The fourth-order valence-electron chi connectivity index (χ4n) is 4.64. The normalized spacial score (nSPS) is 15.5. The smallest absolute Gasteiger partial charge is 0.355 e. The Labute approximate surface area is 201 Å². The van der Waals surface area contributed by atoms with Gasteiger partial charge in [0.1, 0.15) is 11.4 Å². The minimum Gasteiger partial charge on any atom is -0.476 e. The van der Waals surface area contributed by atoms with Gasteiger partial charge in [0.25, 0.3) is 0 Å². The van der Waals surface area contributed by atoms with Crippen molar-refractivity contribution in [1.82, 2.24) is 9.55 Å². The molecule has 0 radical (unpaired) electrons. The van der Waals surface area contributed by atoms with Crippen LogP contribution >= 0.6 is 11.6 Å². The zero-order chi connectivity index (χ0) is 24.2. The molecule has 1 aliphatic rings. The number of carboxylic acids is 1. The number of carboxylic acid groups (broad SMARTS) is 1. The maximum atomic E-state index is 13.1. The summed E-state index contributed by atoms with van der Waals surface area (Å²) in [5.74, 6) is -0.562. The first-order valence-electron chi connectivity index (χ1n) is 11.9. The maximum Gasteiger partial charge on any atom is 0.355 e. The molecule has 0 bridgehead atoms. The van der Waals surface area contributed by atoms with Gasteiger partial charge in [0, 0.05) is 13.0 Å². The molecule has 1 unspecified atom stereocenters. The highest BCUT2D eigenvalue weighted by Gasteiger charge is 2.35. The summed E-state index contributed by atoms with van der Waals surface area (Å²) < 4.78 is 7.45. The minimum absolute atomic E-state index is 0.0180. The molecule has 0 aliphatic heterocycles. The van der Waals surface area contributed by atoms with Crippen LogP contribution in [-0.4, -0.2) is 32.2 Å². The number of esters is 1. The van der Waals surface area contributed by atoms with Gasteiger partial charge in [0.05, 0.1) is 5.92 Å². The zero-order valence-electron chi connectivity index (χ0n) is 20.1. The molecule has 0 spiro atoms. The first kappa shape index (κ1) is 25.3. The van der Waals surface area contributed by atoms with Crippen LogP contribution < -0.4 is 0 Å². The van der Waals surface area contributed by atoms with Crippen molar-refractivity contribution in [1.29, 1.82) is 0 Å². The Hall–Kier alpha value is -2.34. The van der Waals surface area contributed by atoms with Crippen LogP contribution in [0.1, 0.15) is 99.6 Å². The molecule has 1 fully saturated rings. The number of ether oxygens (including phenoxy) is 1. The molecule has 6 nitrogen and oxygen atoms in total. The number of imidazole rings is 1. The number of benzene rings is 1. The van der Waals surface area contributed by atoms with Gasteiger partial charge < -0.3 is 14.4 Å². The third kappa shape index (κ3) is 6.38. The number of hydrogen-bond acceptors (Lipinski definition) is 4. The summed E-state index contributed by atoms with van der Waals surface area (Å²) in [6, 6.07) is 7.88. The molecular weight excluding hydrogens is 440 g/mol. The lowest BCUT2D eigenvalue weighted by Gasteiger charge is -2.27. The van der Waals surface area contributed by atoms with Crippen LogP contribution in [0.4, 0.5) is 0 Å². The molecule has 1 aliphatic carbocycles. The van der Waals surface area contributed by atoms with Crippen molar-refractivity contribution in [2.24, 2.45) is 5.92 Å². The Bertz CT molecular complexity index is 969. The second-order valence-electron chi connectivity index (χ2n) is 9.96. The Morgan fingerprint density at radius 1 is 1.21 bits per heavy atom. The lowest BCUT2D eigenvalue weighted by molar-refractivity contribution is -0.158. The van der Waals surface area contributed by atoms with Gasteiger partial charge in [-0.2, -0.15) is 0 Å². The summed E-state index contributed by atoms with van der Waals surface area (Å²) in [4.78, 5) is 29.2. The third-order valence-electron chi connectivity index (χ3n) is 6.17. The van der Waals surface area contributed by atoms with Crippen LogP contribution in [0.5, 0.6) is 0 Å². The van der Waals surface area contributed by atoms with E-state index < -0.39 is 11.6 Å². The average Bonchev–Trinajstić information content (AvgIpc) is 3.34. The number of unbranched alkanes of at least 4 members (excludes halogenated alkanes) is 1. The number of halogens is 1. The highest BCUT2D eigenvalue weighted by Crippen LogP contribution is 2.39. The fourth-order valence-corrected chi connectivity index (χ4v) is 4.92. The number of nitrogens with zero attached hydrogens (tertiary/aromatic N) is 2. The Morgan fingerprint density at radius 3 is 2.39 bits per heavy atom. The standard InChI is InChI=1S/C26H35ClN2O4/c1-5-6-11-20-28-23(27)22(24(30)31)29(20)16-17-12-14-19(15-13-17)21(18-9-7-8-10-18)25(32)33-26(2,3)4/h12-15,18,21H,5-11,16H2,1-4H3,(H,30,31). The van der Waals surface area contributed by atoms with Crippen LogP contribution in [0.2, 0.25) is 5.15 Å². The van der Waals surface area contributed by atoms with E-state index in [1.807, 2.05) is 45.0 Å². The average molecular weight is 475 g/mol. The van der Waals surface area contributed by atoms with Gasteiger partial charge in [0.15, 0.2) is 10.8 Å². The second kappa shape index (κ2) is 10.7. The van der Waals surface area contributed by atoms with Crippen molar-refractivity contribution in [3.05, 3.63) is 52.1 Å². The van der Waals surface area contributed by atoms with E-state index in [0.717, 1.165) is 49.7 Å². The van der Waals surface area contributed by atoms with E-state index in [-0.39, 0.29) is 28.7 Å². The first-order valence-corrected chi connectivity index (χ1v) is 12.3. The topological polar surface area (TPSA) is 81.4 Å². The van der Waals surface area contributed by atoms with Crippen molar-refractivity contribution < 1.29 is 19.4 Å². The number of aryl methyl sites for hydroxylation is 1. The molecule has 1 aromatic carbocycles. The molecule has 1 atom stereocenters. The number of hydrogen-bond donors (Lipinski definition) is 1. The van der Waals surface area contributed by atoms with Gasteiger partial charge in [-0.3, -0.25) is 4.79 Å². The molecule has 1 aromatic heterocycles. The Morgan fingerprint density at radius 2 is 1.85 bits per heavy atom. The van der Waals surface area contributed by atoms with E-state index in [1.54, 1.807) is 4.57 Å². The van der Waals surface area contributed by atoms with Gasteiger partial charge in [0.2, 0.25) is 0 Å². The van der Waals surface area contributed by atoms with Crippen molar-refractivity contribution in [3.8, 4) is 0 Å². The number of carbonyl (C=O) groups is 2. The predicted octanol–water partition coefficient (Wildman–Crippen LogP) is 6.24. The van der Waals surface area contributed by atoms with E-state index in [0.29, 0.717) is 18.8 Å². The van der Waals surface area contributed by atoms with Crippen LogP contribution in [0, 0.1) is 5.92 Å². The van der Waals surface area contributed by atoms with Gasteiger partial charge in [-0.05, 0) is 57.1 Å². The molecule has 3 rings (SSSR count). The van der Waals surface area contributed by atoms with Crippen LogP contribution in [0.15, 0.2) is 24.3 Å². The summed E-state index contributed by atoms with van der Waals surface area (Å²) in [5.41, 5.74) is 1.37. The number of aromatic carboxylic acids is 1. The summed E-state index contributed by atoms with van der Waals surface area (Å²) in [6.07, 6.45) is 6.90. The molecule has 0 amide bonds. The fraction of sp³-hybridized carbons (Fsp3) is 0.577. The van der Waals surface area contributed by atoms with Gasteiger partial charge in [-0.1, -0.05) is 62.1 Å². The lowest BCUT2D eigenvalue weighted by Crippen LogP contribution is -2.30. The number of carbonyl (C=O) groups excluding carboxylic acids is 1.